The molecule has 1 saturated heterocycles. The van der Waals surface area contributed by atoms with Crippen molar-refractivity contribution in [3.63, 3.8) is 0 Å². The smallest absolute Gasteiger partial charge is 0.224 e. The highest BCUT2D eigenvalue weighted by atomic mass is 16.3. The number of piperidine rings is 1. The molecule has 5 nitrogen and oxygen atoms in total. The van der Waals surface area contributed by atoms with Crippen LogP contribution in [-0.2, 0) is 11.3 Å². The molecule has 122 valence electrons. The van der Waals surface area contributed by atoms with E-state index < -0.39 is 0 Å². The highest BCUT2D eigenvalue weighted by Gasteiger charge is 2.40. The summed E-state index contributed by atoms with van der Waals surface area (Å²) in [6.07, 6.45) is 9.98. The highest BCUT2D eigenvalue weighted by Crippen LogP contribution is 2.44. The topological polar surface area (TPSA) is 58.4 Å². The number of nitrogens with zero attached hydrogens (tertiary/aromatic N) is 3. The molecule has 1 aromatic rings. The van der Waals surface area contributed by atoms with Gasteiger partial charge in [0.15, 0.2) is 0 Å². The molecule has 22 heavy (non-hydrogen) atoms. The van der Waals surface area contributed by atoms with Crippen molar-refractivity contribution < 1.29 is 9.90 Å². The Morgan fingerprint density at radius 2 is 2.32 bits per heavy atom. The third kappa shape index (κ3) is 3.51. The van der Waals surface area contributed by atoms with Crippen LogP contribution in [0.4, 0.5) is 0 Å². The van der Waals surface area contributed by atoms with Gasteiger partial charge in [-0.25, -0.2) is 4.98 Å². The van der Waals surface area contributed by atoms with Gasteiger partial charge in [0.2, 0.25) is 5.91 Å². The number of hydrogen-bond donors (Lipinski definition) is 1. The van der Waals surface area contributed by atoms with Gasteiger partial charge in [-0.2, -0.15) is 0 Å². The normalized spacial score (nSPS) is 25.5. The van der Waals surface area contributed by atoms with Gasteiger partial charge in [0.05, 0.1) is 6.61 Å². The lowest BCUT2D eigenvalue weighted by molar-refractivity contribution is -0.136. The average Bonchev–Trinajstić information content (AvgIpc) is 3.24. The number of likely N-dealkylation sites (tertiary alicyclic amines) is 1. The molecule has 0 aromatic carbocycles. The van der Waals surface area contributed by atoms with Crippen molar-refractivity contribution in [1.29, 1.82) is 0 Å². The Morgan fingerprint density at radius 1 is 1.50 bits per heavy atom. The van der Waals surface area contributed by atoms with Gasteiger partial charge in [0.1, 0.15) is 5.82 Å². The first-order valence-corrected chi connectivity index (χ1v) is 8.48. The molecule has 1 aliphatic heterocycles. The number of carbonyl (C=O) groups is 1. The minimum absolute atomic E-state index is 0.0417. The summed E-state index contributed by atoms with van der Waals surface area (Å²) in [4.78, 5) is 18.7. The molecule has 2 fully saturated rings. The Labute approximate surface area is 132 Å². The lowest BCUT2D eigenvalue weighted by Gasteiger charge is -2.42. The van der Waals surface area contributed by atoms with E-state index >= 15 is 0 Å². The fourth-order valence-corrected chi connectivity index (χ4v) is 3.73. The maximum Gasteiger partial charge on any atom is 0.224 e. The quantitative estimate of drug-likeness (QED) is 0.874. The standard InChI is InChI=1S/C17H27N3O2/c1-14-18-7-10-19(14)9-5-16(22)20-8-2-6-17(12-20,13-21)11-15-3-4-15/h7,10,15,21H,2-6,8-9,11-13H2,1H3. The summed E-state index contributed by atoms with van der Waals surface area (Å²) in [7, 11) is 0. The van der Waals surface area contributed by atoms with E-state index in [2.05, 4.69) is 4.98 Å². The molecule has 2 aliphatic rings. The molecule has 1 atom stereocenters. The van der Waals surface area contributed by atoms with Crippen LogP contribution in [0.15, 0.2) is 12.4 Å². The van der Waals surface area contributed by atoms with Crippen molar-refractivity contribution >= 4 is 5.91 Å². The van der Waals surface area contributed by atoms with Crippen molar-refractivity contribution in [2.45, 2.75) is 52.0 Å². The molecule has 0 spiro atoms. The van der Waals surface area contributed by atoms with Gasteiger partial charge in [0, 0.05) is 43.9 Å². The van der Waals surface area contributed by atoms with Crippen LogP contribution < -0.4 is 0 Å². The summed E-state index contributed by atoms with van der Waals surface area (Å²) >= 11 is 0. The van der Waals surface area contributed by atoms with E-state index in [1.165, 1.54) is 12.8 Å². The minimum atomic E-state index is -0.0417. The molecule has 1 unspecified atom stereocenters. The third-order valence-electron chi connectivity index (χ3n) is 5.26. The Bertz CT molecular complexity index is 524. The molecule has 1 aliphatic carbocycles. The first-order valence-electron chi connectivity index (χ1n) is 8.48. The second kappa shape index (κ2) is 6.41. The van der Waals surface area contributed by atoms with Crippen molar-refractivity contribution in [2.75, 3.05) is 19.7 Å². The fourth-order valence-electron chi connectivity index (χ4n) is 3.73. The van der Waals surface area contributed by atoms with E-state index in [0.29, 0.717) is 13.0 Å². The molecule has 3 rings (SSSR count). The number of aryl methyl sites for hydroxylation is 2. The predicted molar refractivity (Wildman–Crippen MR) is 84.3 cm³/mol. The number of imidazole rings is 1. The molecule has 1 amide bonds. The van der Waals surface area contributed by atoms with Crippen molar-refractivity contribution in [2.24, 2.45) is 11.3 Å². The number of amides is 1. The zero-order chi connectivity index (χ0) is 15.6. The SMILES string of the molecule is Cc1nccn1CCC(=O)N1CCCC(CO)(CC2CC2)C1. The zero-order valence-corrected chi connectivity index (χ0v) is 13.5. The first-order chi connectivity index (χ1) is 10.6. The van der Waals surface area contributed by atoms with E-state index in [1.807, 2.05) is 22.6 Å². The monoisotopic (exact) mass is 305 g/mol. The number of aliphatic hydroxyl groups excluding tert-OH is 1. The van der Waals surface area contributed by atoms with Crippen LogP contribution in [0, 0.1) is 18.3 Å². The molecule has 1 aromatic heterocycles. The van der Waals surface area contributed by atoms with Crippen LogP contribution >= 0.6 is 0 Å². The summed E-state index contributed by atoms with van der Waals surface area (Å²) in [5.74, 6) is 1.95. The Balaban J connectivity index is 1.56. The van der Waals surface area contributed by atoms with Gasteiger partial charge >= 0.3 is 0 Å². The predicted octanol–water partition coefficient (Wildman–Crippen LogP) is 1.98. The van der Waals surface area contributed by atoms with Crippen LogP contribution in [-0.4, -0.2) is 45.2 Å². The zero-order valence-electron chi connectivity index (χ0n) is 13.5. The maximum atomic E-state index is 12.5. The van der Waals surface area contributed by atoms with E-state index in [4.69, 9.17) is 0 Å². The number of aliphatic hydroxyl groups is 1. The molecule has 1 saturated carbocycles. The molecule has 5 heteroatoms. The van der Waals surface area contributed by atoms with Gasteiger partial charge in [-0.1, -0.05) is 12.8 Å². The molecule has 2 heterocycles. The Kier molecular flexibility index (Phi) is 4.52. The summed E-state index contributed by atoms with van der Waals surface area (Å²) in [5, 5.41) is 9.88. The number of carbonyl (C=O) groups excluding carboxylic acids is 1. The molecule has 0 bridgehead atoms. The molecular formula is C17H27N3O2. The van der Waals surface area contributed by atoms with Crippen LogP contribution in [0.2, 0.25) is 0 Å². The summed E-state index contributed by atoms with van der Waals surface area (Å²) in [6, 6.07) is 0. The van der Waals surface area contributed by atoms with Crippen molar-refractivity contribution in [1.82, 2.24) is 14.5 Å². The van der Waals surface area contributed by atoms with Gasteiger partial charge in [-0.15, -0.1) is 0 Å². The van der Waals surface area contributed by atoms with Crippen molar-refractivity contribution in [3.05, 3.63) is 18.2 Å². The minimum Gasteiger partial charge on any atom is -0.396 e. The lowest BCUT2D eigenvalue weighted by Crippen LogP contribution is -2.48. The van der Waals surface area contributed by atoms with Crippen LogP contribution in [0.1, 0.15) is 44.3 Å². The number of aromatic nitrogens is 2. The number of rotatable bonds is 6. The Morgan fingerprint density at radius 3 is 2.95 bits per heavy atom. The first kappa shape index (κ1) is 15.5. The fraction of sp³-hybridized carbons (Fsp3) is 0.765. The van der Waals surface area contributed by atoms with Crippen LogP contribution in [0.3, 0.4) is 0 Å². The van der Waals surface area contributed by atoms with E-state index in [1.54, 1.807) is 6.20 Å². The molecule has 0 radical (unpaired) electrons. The van der Waals surface area contributed by atoms with Gasteiger partial charge in [-0.05, 0) is 32.1 Å². The number of hydrogen-bond acceptors (Lipinski definition) is 3. The van der Waals surface area contributed by atoms with Crippen molar-refractivity contribution in [3.8, 4) is 0 Å². The highest BCUT2D eigenvalue weighted by molar-refractivity contribution is 5.76. The third-order valence-corrected chi connectivity index (χ3v) is 5.26. The Hall–Kier alpha value is -1.36. The summed E-state index contributed by atoms with van der Waals surface area (Å²) in [6.45, 7) is 4.44. The summed E-state index contributed by atoms with van der Waals surface area (Å²) in [5.41, 5.74) is -0.0417. The lowest BCUT2D eigenvalue weighted by atomic mass is 9.76. The molecule has 1 N–H and O–H groups in total. The van der Waals surface area contributed by atoms with E-state index in [9.17, 15) is 9.90 Å². The van der Waals surface area contributed by atoms with Gasteiger partial charge < -0.3 is 14.6 Å². The van der Waals surface area contributed by atoms with Gasteiger partial charge in [0.25, 0.3) is 0 Å². The van der Waals surface area contributed by atoms with Gasteiger partial charge in [-0.3, -0.25) is 4.79 Å². The largest absolute Gasteiger partial charge is 0.396 e. The second-order valence-corrected chi connectivity index (χ2v) is 7.14. The van der Waals surface area contributed by atoms with E-state index in [0.717, 1.165) is 44.1 Å². The molecular weight excluding hydrogens is 278 g/mol. The average molecular weight is 305 g/mol. The van der Waals surface area contributed by atoms with Crippen LogP contribution in [0.5, 0.6) is 0 Å². The van der Waals surface area contributed by atoms with Crippen LogP contribution in [0.25, 0.3) is 0 Å². The summed E-state index contributed by atoms with van der Waals surface area (Å²) < 4.78 is 2.02. The maximum absolute atomic E-state index is 12.5. The second-order valence-electron chi connectivity index (χ2n) is 7.14. The van der Waals surface area contributed by atoms with E-state index in [-0.39, 0.29) is 17.9 Å².